The van der Waals surface area contributed by atoms with E-state index in [9.17, 15) is 15.3 Å². The molecule has 29 heavy (non-hydrogen) atoms. The summed E-state index contributed by atoms with van der Waals surface area (Å²) in [7, 11) is 0. The average molecular weight is 400 g/mol. The SMILES string of the molecule is C=CCO[C@H]1[C@@H](O)[C@H](O)[C@@H](OCc2ccccc2)[C@H](O)[C@@H]1OCc1ccccc1. The second kappa shape index (κ2) is 10.6. The van der Waals surface area contributed by atoms with Crippen LogP contribution in [0.3, 0.4) is 0 Å². The molecule has 0 aliphatic heterocycles. The third-order valence-electron chi connectivity index (χ3n) is 5.00. The van der Waals surface area contributed by atoms with Crippen LogP contribution in [0.15, 0.2) is 73.3 Å². The number of hydrogen-bond donors (Lipinski definition) is 3. The van der Waals surface area contributed by atoms with E-state index in [0.717, 1.165) is 11.1 Å². The molecule has 6 nitrogen and oxygen atoms in total. The maximum Gasteiger partial charge on any atom is 0.115 e. The largest absolute Gasteiger partial charge is 0.387 e. The normalized spacial score (nSPS) is 29.5. The summed E-state index contributed by atoms with van der Waals surface area (Å²) < 4.78 is 17.3. The zero-order valence-corrected chi connectivity index (χ0v) is 16.2. The summed E-state index contributed by atoms with van der Waals surface area (Å²) >= 11 is 0. The van der Waals surface area contributed by atoms with Crippen molar-refractivity contribution in [2.75, 3.05) is 6.61 Å². The predicted molar refractivity (Wildman–Crippen MR) is 108 cm³/mol. The van der Waals surface area contributed by atoms with Crippen LogP contribution in [0.4, 0.5) is 0 Å². The fraction of sp³-hybridized carbons (Fsp3) is 0.391. The molecule has 1 aliphatic rings. The van der Waals surface area contributed by atoms with Crippen LogP contribution < -0.4 is 0 Å². The van der Waals surface area contributed by atoms with E-state index in [0.29, 0.717) is 0 Å². The molecule has 0 unspecified atom stereocenters. The van der Waals surface area contributed by atoms with Gasteiger partial charge >= 0.3 is 0 Å². The zero-order chi connectivity index (χ0) is 20.6. The van der Waals surface area contributed by atoms with Gasteiger partial charge in [-0.3, -0.25) is 0 Å². The van der Waals surface area contributed by atoms with Gasteiger partial charge in [-0.1, -0.05) is 66.7 Å². The first-order chi connectivity index (χ1) is 14.1. The monoisotopic (exact) mass is 400 g/mol. The number of aliphatic hydroxyl groups excluding tert-OH is 3. The molecule has 0 aromatic heterocycles. The Morgan fingerprint density at radius 2 is 1.10 bits per heavy atom. The molecule has 1 saturated carbocycles. The number of benzene rings is 2. The van der Waals surface area contributed by atoms with E-state index in [1.165, 1.54) is 6.08 Å². The molecule has 0 spiro atoms. The summed E-state index contributed by atoms with van der Waals surface area (Å²) in [4.78, 5) is 0. The van der Waals surface area contributed by atoms with Gasteiger partial charge in [0, 0.05) is 0 Å². The lowest BCUT2D eigenvalue weighted by molar-refractivity contribution is -0.258. The van der Waals surface area contributed by atoms with E-state index >= 15 is 0 Å². The number of aliphatic hydroxyl groups is 3. The van der Waals surface area contributed by atoms with Crippen LogP contribution >= 0.6 is 0 Å². The quantitative estimate of drug-likeness (QED) is 0.557. The fourth-order valence-corrected chi connectivity index (χ4v) is 3.46. The van der Waals surface area contributed by atoms with Crippen LogP contribution in [0.25, 0.3) is 0 Å². The Morgan fingerprint density at radius 1 is 0.655 bits per heavy atom. The molecule has 3 rings (SSSR count). The van der Waals surface area contributed by atoms with Crippen LogP contribution in [-0.4, -0.2) is 58.6 Å². The molecule has 1 aliphatic carbocycles. The second-order valence-electron chi connectivity index (χ2n) is 7.08. The molecule has 156 valence electrons. The van der Waals surface area contributed by atoms with Gasteiger partial charge in [0.25, 0.3) is 0 Å². The minimum Gasteiger partial charge on any atom is -0.387 e. The Balaban J connectivity index is 1.73. The third-order valence-corrected chi connectivity index (χ3v) is 5.00. The smallest absolute Gasteiger partial charge is 0.115 e. The lowest BCUT2D eigenvalue weighted by Crippen LogP contribution is -2.65. The Bertz CT molecular complexity index is 738. The van der Waals surface area contributed by atoms with Gasteiger partial charge in [-0.15, -0.1) is 6.58 Å². The number of rotatable bonds is 9. The van der Waals surface area contributed by atoms with Gasteiger partial charge < -0.3 is 29.5 Å². The van der Waals surface area contributed by atoms with Crippen LogP contribution in [0.5, 0.6) is 0 Å². The lowest BCUT2D eigenvalue weighted by atomic mass is 9.84. The molecule has 2 aromatic rings. The Kier molecular flexibility index (Phi) is 7.94. The van der Waals surface area contributed by atoms with Crippen LogP contribution in [0, 0.1) is 0 Å². The fourth-order valence-electron chi connectivity index (χ4n) is 3.46. The Morgan fingerprint density at radius 3 is 1.62 bits per heavy atom. The first kappa shape index (κ1) is 21.6. The maximum atomic E-state index is 10.9. The summed E-state index contributed by atoms with van der Waals surface area (Å²) in [6, 6.07) is 18.9. The van der Waals surface area contributed by atoms with Crippen molar-refractivity contribution >= 4 is 0 Å². The van der Waals surface area contributed by atoms with Gasteiger partial charge in [-0.2, -0.15) is 0 Å². The van der Waals surface area contributed by atoms with E-state index in [1.54, 1.807) is 0 Å². The van der Waals surface area contributed by atoms with E-state index in [2.05, 4.69) is 6.58 Å². The van der Waals surface area contributed by atoms with Gasteiger partial charge in [0.05, 0.1) is 19.8 Å². The highest BCUT2D eigenvalue weighted by molar-refractivity contribution is 5.15. The van der Waals surface area contributed by atoms with Crippen molar-refractivity contribution in [2.24, 2.45) is 0 Å². The molecule has 2 aromatic carbocycles. The van der Waals surface area contributed by atoms with E-state index in [4.69, 9.17) is 14.2 Å². The van der Waals surface area contributed by atoms with Gasteiger partial charge in [0.2, 0.25) is 0 Å². The topological polar surface area (TPSA) is 88.4 Å². The van der Waals surface area contributed by atoms with E-state index in [1.807, 2.05) is 60.7 Å². The highest BCUT2D eigenvalue weighted by atomic mass is 16.6. The van der Waals surface area contributed by atoms with Gasteiger partial charge in [0.15, 0.2) is 0 Å². The molecule has 6 heteroatoms. The zero-order valence-electron chi connectivity index (χ0n) is 16.2. The molecule has 0 amide bonds. The van der Waals surface area contributed by atoms with Gasteiger partial charge in [-0.05, 0) is 11.1 Å². The maximum absolute atomic E-state index is 10.9. The second-order valence-corrected chi connectivity index (χ2v) is 7.08. The van der Waals surface area contributed by atoms with Crippen molar-refractivity contribution in [3.05, 3.63) is 84.4 Å². The average Bonchev–Trinajstić information content (AvgIpc) is 2.76. The lowest BCUT2D eigenvalue weighted by Gasteiger charge is -2.45. The minimum absolute atomic E-state index is 0.155. The molecule has 0 radical (unpaired) electrons. The van der Waals surface area contributed by atoms with Crippen molar-refractivity contribution in [1.82, 2.24) is 0 Å². The Hall–Kier alpha value is -2.06. The molecule has 1 fully saturated rings. The molecule has 0 heterocycles. The van der Waals surface area contributed by atoms with Crippen molar-refractivity contribution in [2.45, 2.75) is 49.8 Å². The van der Waals surface area contributed by atoms with E-state index in [-0.39, 0.29) is 19.8 Å². The number of ether oxygens (including phenoxy) is 3. The summed E-state index contributed by atoms with van der Waals surface area (Å²) in [5.41, 5.74) is 1.82. The van der Waals surface area contributed by atoms with Crippen molar-refractivity contribution in [3.63, 3.8) is 0 Å². The molecular weight excluding hydrogens is 372 g/mol. The minimum atomic E-state index is -1.32. The third kappa shape index (κ3) is 5.51. The molecule has 0 bridgehead atoms. The standard InChI is InChI=1S/C23H28O6/c1-2-13-27-22-19(25)18(24)21(28-14-16-9-5-3-6-10-16)20(26)23(22)29-15-17-11-7-4-8-12-17/h2-12,18-26H,1,13-15H2/t18-,19-,20-,21+,22-,23-/m0/s1. The highest BCUT2D eigenvalue weighted by Gasteiger charge is 2.51. The molecule has 3 N–H and O–H groups in total. The summed E-state index contributed by atoms with van der Waals surface area (Å²) in [6.07, 6.45) is -5.06. The Labute approximate surface area is 171 Å². The first-order valence-electron chi connectivity index (χ1n) is 9.69. The van der Waals surface area contributed by atoms with Gasteiger partial charge in [0.1, 0.15) is 36.6 Å². The highest BCUT2D eigenvalue weighted by Crippen LogP contribution is 2.29. The number of hydrogen-bond acceptors (Lipinski definition) is 6. The van der Waals surface area contributed by atoms with Crippen LogP contribution in [-0.2, 0) is 27.4 Å². The van der Waals surface area contributed by atoms with Gasteiger partial charge in [-0.25, -0.2) is 0 Å². The van der Waals surface area contributed by atoms with E-state index < -0.39 is 36.6 Å². The van der Waals surface area contributed by atoms with Crippen LogP contribution in [0.2, 0.25) is 0 Å². The molecule has 6 atom stereocenters. The summed E-state index contributed by atoms with van der Waals surface area (Å²) in [5.74, 6) is 0. The summed E-state index contributed by atoms with van der Waals surface area (Å²) in [5, 5.41) is 32.1. The summed E-state index contributed by atoms with van der Waals surface area (Å²) in [6.45, 7) is 4.18. The molecule has 0 saturated heterocycles. The van der Waals surface area contributed by atoms with Crippen molar-refractivity contribution < 1.29 is 29.5 Å². The molecular formula is C23H28O6. The van der Waals surface area contributed by atoms with Crippen molar-refractivity contribution in [1.29, 1.82) is 0 Å². The first-order valence-corrected chi connectivity index (χ1v) is 9.69. The predicted octanol–water partition coefficient (Wildman–Crippen LogP) is 1.82. The van der Waals surface area contributed by atoms with Crippen LogP contribution in [0.1, 0.15) is 11.1 Å². The van der Waals surface area contributed by atoms with Crippen molar-refractivity contribution in [3.8, 4) is 0 Å².